The quantitative estimate of drug-likeness (QED) is 0.328. The van der Waals surface area contributed by atoms with Crippen LogP contribution in [0.15, 0.2) is 51.9 Å². The average Bonchev–Trinajstić information content (AvgIpc) is 2.66. The van der Waals surface area contributed by atoms with Crippen LogP contribution in [0.1, 0.15) is 5.56 Å². The van der Waals surface area contributed by atoms with Crippen molar-refractivity contribution in [1.29, 1.82) is 0 Å². The number of amides is 2. The monoisotopic (exact) mass is 561 g/mol. The van der Waals surface area contributed by atoms with Gasteiger partial charge in [0, 0.05) is 23.6 Å². The zero-order valence-electron chi connectivity index (χ0n) is 17.8. The predicted molar refractivity (Wildman–Crippen MR) is 118 cm³/mol. The summed E-state index contributed by atoms with van der Waals surface area (Å²) < 4.78 is 125. The molecule has 0 aliphatic carbocycles. The van der Waals surface area contributed by atoms with Crippen LogP contribution in [0.2, 0.25) is 0 Å². The molecule has 0 aliphatic heterocycles. The van der Waals surface area contributed by atoms with E-state index >= 15 is 0 Å². The first-order chi connectivity index (χ1) is 16.2. The second-order valence-electron chi connectivity index (χ2n) is 7.51. The number of nitrogens with two attached hydrogens (primary N) is 1. The van der Waals surface area contributed by atoms with Crippen molar-refractivity contribution in [2.24, 2.45) is 10.1 Å². The standard InChI is InChI=1S/C19H15F8N5O2S2/c1-35(34,32-18(28)33)9-10-4-12(7-13(5-10)36(23,24,25,26)27)30-19-29-8-16(22)17(31-19)14-3-2-11(20)6-15(14)21/h2-8H,9H2,1H3,(H2,28,33)(H,29,30,31). The minimum Gasteiger partial charge on any atom is -0.349 e. The van der Waals surface area contributed by atoms with Crippen LogP contribution in [-0.2, 0) is 15.5 Å². The summed E-state index contributed by atoms with van der Waals surface area (Å²) in [5.74, 6) is -4.87. The Labute approximate surface area is 198 Å². The molecule has 0 aliphatic rings. The maximum atomic E-state index is 14.2. The van der Waals surface area contributed by atoms with Crippen molar-refractivity contribution in [2.75, 3.05) is 11.6 Å². The number of hydrogen-bond donors (Lipinski definition) is 2. The molecule has 0 spiro atoms. The zero-order chi connectivity index (χ0) is 27.2. The van der Waals surface area contributed by atoms with Crippen LogP contribution in [0.25, 0.3) is 11.3 Å². The number of hydrogen-bond acceptors (Lipinski definition) is 5. The number of halogens is 8. The summed E-state index contributed by atoms with van der Waals surface area (Å²) in [7, 11) is -13.8. The highest BCUT2D eigenvalue weighted by molar-refractivity contribution is 8.45. The number of carbonyl (C=O) groups is 1. The van der Waals surface area contributed by atoms with E-state index in [0.29, 0.717) is 12.3 Å². The smallest absolute Gasteiger partial charge is 0.346 e. The van der Waals surface area contributed by atoms with Gasteiger partial charge in [-0.3, -0.25) is 0 Å². The van der Waals surface area contributed by atoms with Crippen LogP contribution in [0.3, 0.4) is 0 Å². The minimum atomic E-state index is -10.3. The van der Waals surface area contributed by atoms with Gasteiger partial charge in [-0.1, -0.05) is 19.4 Å². The van der Waals surface area contributed by atoms with Gasteiger partial charge in [-0.25, -0.2) is 32.1 Å². The van der Waals surface area contributed by atoms with Crippen LogP contribution in [0, 0.1) is 17.5 Å². The summed E-state index contributed by atoms with van der Waals surface area (Å²) >= 11 is 0. The van der Waals surface area contributed by atoms with Gasteiger partial charge in [-0.15, -0.1) is 4.36 Å². The van der Waals surface area contributed by atoms with E-state index in [-0.39, 0.29) is 12.1 Å². The summed E-state index contributed by atoms with van der Waals surface area (Å²) in [6, 6.07) is 1.62. The van der Waals surface area contributed by atoms with Gasteiger partial charge in [0.2, 0.25) is 5.95 Å². The fourth-order valence-corrected chi connectivity index (χ4v) is 4.95. The number of nitrogens with one attached hydrogen (secondary N) is 1. The van der Waals surface area contributed by atoms with E-state index in [9.17, 15) is 41.6 Å². The third-order valence-corrected chi connectivity index (χ3v) is 6.88. The van der Waals surface area contributed by atoms with Gasteiger partial charge in [-0.05, 0) is 35.9 Å². The fraction of sp³-hybridized carbons (Fsp3) is 0.105. The number of rotatable bonds is 6. The third kappa shape index (κ3) is 6.81. The molecule has 3 rings (SSSR count). The average molecular weight is 561 g/mol. The summed E-state index contributed by atoms with van der Waals surface area (Å²) in [6.45, 7) is 0. The van der Waals surface area contributed by atoms with E-state index in [1.54, 1.807) is 0 Å². The molecule has 196 valence electrons. The van der Waals surface area contributed by atoms with Crippen LogP contribution in [0.4, 0.5) is 49.0 Å². The van der Waals surface area contributed by atoms with Gasteiger partial charge >= 0.3 is 16.3 Å². The second-order valence-corrected chi connectivity index (χ2v) is 12.3. The molecule has 7 nitrogen and oxygen atoms in total. The fourth-order valence-electron chi connectivity index (χ4n) is 3.00. The van der Waals surface area contributed by atoms with E-state index < -0.39 is 82.5 Å². The van der Waals surface area contributed by atoms with Crippen molar-refractivity contribution in [1.82, 2.24) is 9.97 Å². The molecule has 2 amide bonds. The normalized spacial score (nSPS) is 15.4. The van der Waals surface area contributed by atoms with Gasteiger partial charge in [0.25, 0.3) is 0 Å². The molecule has 0 fully saturated rings. The lowest BCUT2D eigenvalue weighted by Gasteiger charge is -2.41. The Kier molecular flexibility index (Phi) is 6.25. The van der Waals surface area contributed by atoms with Crippen LogP contribution in [0.5, 0.6) is 0 Å². The number of aromatic nitrogens is 2. The summed E-state index contributed by atoms with van der Waals surface area (Å²) in [6.07, 6.45) is 1.40. The summed E-state index contributed by atoms with van der Waals surface area (Å²) in [5, 5.41) is 2.17. The van der Waals surface area contributed by atoms with Crippen LogP contribution in [-0.4, -0.2) is 26.5 Å². The molecule has 0 radical (unpaired) electrons. The SMILES string of the molecule is CS(=O)(Cc1cc(Nc2ncc(F)c(-c3ccc(F)cc3F)n2)cc(S(F)(F)(F)(F)F)c1)=NC(N)=O. The predicted octanol–water partition coefficient (Wildman–Crippen LogP) is 6.64. The second kappa shape index (κ2) is 8.29. The van der Waals surface area contributed by atoms with E-state index in [1.165, 1.54) is 0 Å². The molecular weight excluding hydrogens is 546 g/mol. The van der Waals surface area contributed by atoms with Gasteiger partial charge in [-0.2, -0.15) is 0 Å². The lowest BCUT2D eigenvalue weighted by Crippen LogP contribution is -2.12. The maximum Gasteiger partial charge on any atom is 0.346 e. The third-order valence-electron chi connectivity index (χ3n) is 4.32. The van der Waals surface area contributed by atoms with Crippen molar-refractivity contribution in [3.05, 3.63) is 65.6 Å². The number of urea groups is 1. The largest absolute Gasteiger partial charge is 0.349 e. The first-order valence-corrected chi connectivity index (χ1v) is 13.4. The highest BCUT2D eigenvalue weighted by Crippen LogP contribution is 3.02. The van der Waals surface area contributed by atoms with Crippen molar-refractivity contribution < 1.29 is 41.6 Å². The van der Waals surface area contributed by atoms with Crippen molar-refractivity contribution in [3.63, 3.8) is 0 Å². The molecule has 0 bridgehead atoms. The molecule has 17 heteroatoms. The summed E-state index contributed by atoms with van der Waals surface area (Å²) in [4.78, 5) is 15.7. The molecule has 1 atom stereocenters. The molecule has 1 heterocycles. The Hall–Kier alpha value is -3.47. The van der Waals surface area contributed by atoms with Crippen LogP contribution < -0.4 is 11.1 Å². The zero-order valence-corrected chi connectivity index (χ0v) is 19.5. The lowest BCUT2D eigenvalue weighted by atomic mass is 10.1. The molecule has 1 unspecified atom stereocenters. The Balaban J connectivity index is 2.12. The first-order valence-electron chi connectivity index (χ1n) is 9.35. The van der Waals surface area contributed by atoms with E-state index in [0.717, 1.165) is 24.5 Å². The number of primary amides is 1. The number of benzene rings is 2. The Bertz CT molecular complexity index is 1510. The van der Waals surface area contributed by atoms with Crippen molar-refractivity contribution in [2.45, 2.75) is 10.6 Å². The lowest BCUT2D eigenvalue weighted by molar-refractivity contribution is 0.257. The molecular formula is C19H15F8N5O2S2. The molecule has 0 saturated heterocycles. The topological polar surface area (TPSA) is 110 Å². The number of anilines is 2. The highest BCUT2D eigenvalue weighted by Gasteiger charge is 2.65. The van der Waals surface area contributed by atoms with E-state index in [1.807, 2.05) is 0 Å². The Morgan fingerprint density at radius 3 is 2.31 bits per heavy atom. The number of nitrogens with zero attached hydrogens (tertiary/aromatic N) is 3. The minimum absolute atomic E-state index is 0.0125. The van der Waals surface area contributed by atoms with Gasteiger partial charge < -0.3 is 11.1 Å². The molecule has 2 aromatic carbocycles. The Morgan fingerprint density at radius 1 is 1.06 bits per heavy atom. The van der Waals surface area contributed by atoms with Gasteiger partial charge in [0.1, 0.15) is 22.2 Å². The Morgan fingerprint density at radius 2 is 1.72 bits per heavy atom. The maximum absolute atomic E-state index is 14.2. The molecule has 0 saturated carbocycles. The van der Waals surface area contributed by atoms with Crippen molar-refractivity contribution in [3.8, 4) is 11.3 Å². The molecule has 3 N–H and O–H groups in total. The van der Waals surface area contributed by atoms with Gasteiger partial charge in [0.05, 0.1) is 21.7 Å². The first kappa shape index (κ1) is 27.1. The van der Waals surface area contributed by atoms with Gasteiger partial charge in [0.15, 0.2) is 5.82 Å². The van der Waals surface area contributed by atoms with E-state index in [4.69, 9.17) is 5.73 Å². The highest BCUT2D eigenvalue weighted by atomic mass is 32.5. The number of carbonyl (C=O) groups excluding carboxylic acids is 1. The molecule has 1 aromatic heterocycles. The van der Waals surface area contributed by atoms with Crippen molar-refractivity contribution >= 4 is 37.6 Å². The molecule has 3 aromatic rings. The van der Waals surface area contributed by atoms with Crippen LogP contribution >= 0.6 is 10.2 Å². The molecule has 36 heavy (non-hydrogen) atoms. The van der Waals surface area contributed by atoms with E-state index in [2.05, 4.69) is 19.6 Å². The summed E-state index contributed by atoms with van der Waals surface area (Å²) in [5.41, 5.74) is 2.33.